The molecule has 0 aliphatic heterocycles. The average Bonchev–Trinajstić information content (AvgIpc) is 3.11. The van der Waals surface area contributed by atoms with Crippen LogP contribution in [0.5, 0.6) is 0 Å². The fraction of sp³-hybridized carbons (Fsp3) is 0.659. The van der Waals surface area contributed by atoms with Crippen molar-refractivity contribution >= 4 is 13.8 Å². The maximum atomic E-state index is 11.9. The molecule has 0 aliphatic carbocycles. The number of quaternary nitrogens is 1. The quantitative estimate of drug-likeness (QED) is 0.0223. The first-order chi connectivity index (χ1) is 25.6. The second-order valence-electron chi connectivity index (χ2n) is 14.5. The fourth-order valence-corrected chi connectivity index (χ4v) is 5.72. The van der Waals surface area contributed by atoms with Crippen LogP contribution in [0.3, 0.4) is 0 Å². The summed E-state index contributed by atoms with van der Waals surface area (Å²) >= 11 is 0. The number of esters is 1. The van der Waals surface area contributed by atoms with Gasteiger partial charge >= 0.3 is 5.97 Å². The first-order valence-corrected chi connectivity index (χ1v) is 21.8. The molecule has 0 aromatic carbocycles. The Morgan fingerprint density at radius 2 is 1.00 bits per heavy atom. The van der Waals surface area contributed by atoms with E-state index in [4.69, 9.17) is 9.26 Å². The number of allylic oxidation sites excluding steroid dienone is 14. The summed E-state index contributed by atoms with van der Waals surface area (Å²) in [6, 6.07) is 0. The van der Waals surface area contributed by atoms with Gasteiger partial charge in [-0.1, -0.05) is 150 Å². The highest BCUT2D eigenvalue weighted by atomic mass is 31.2. The maximum Gasteiger partial charge on any atom is 0.305 e. The Balaban J connectivity index is 3.52. The van der Waals surface area contributed by atoms with Crippen LogP contribution in [-0.2, 0) is 23.1 Å². The molecule has 0 rings (SSSR count). The standard InChI is InChI=1S/C44H76NO7P/c1-5-6-7-8-9-10-11-12-13-14-15-16-17-18-19-20-21-22-23-24-25-26-27-28-29-30-31-32-33-34-35-36-37-38-44(47)50-41-43(46)42-52-53(48,49)51-40-39-45(2,3)4/h6-7,9-10,12-13,15-16,18-19,21-22,24-25,43,46H,5,8,11,14,17,20,23,26-42H2,1-4H3/b7-6-,10-9-,13-12-,16-15-,19-18-,22-21-,25-24-. The molecular formula is C44H76NO7P. The number of phosphoric ester groups is 1. The van der Waals surface area contributed by atoms with Crippen LogP contribution in [0.15, 0.2) is 85.1 Å². The second kappa shape index (κ2) is 36.6. The zero-order valence-electron chi connectivity index (χ0n) is 33.9. The molecule has 0 aromatic heterocycles. The number of carbonyl (C=O) groups is 1. The van der Waals surface area contributed by atoms with Gasteiger partial charge in [0.25, 0.3) is 7.82 Å². The SMILES string of the molecule is CC/C=C\C/C=C\C/C=C\C/C=C\C/C=C\C/C=C\C/C=C\CCCCCCCCCCCCCC(=O)OCC(O)COP(=O)([O-])OCC[N+](C)(C)C. The maximum absolute atomic E-state index is 11.9. The number of carbonyl (C=O) groups excluding carboxylic acids is 1. The first kappa shape index (κ1) is 50.7. The van der Waals surface area contributed by atoms with Gasteiger partial charge in [-0.3, -0.25) is 9.36 Å². The molecule has 9 heteroatoms. The summed E-state index contributed by atoms with van der Waals surface area (Å²) in [5.74, 6) is -0.395. The summed E-state index contributed by atoms with van der Waals surface area (Å²) in [4.78, 5) is 23.7. The van der Waals surface area contributed by atoms with E-state index in [9.17, 15) is 19.4 Å². The Labute approximate surface area is 324 Å². The number of unbranched alkanes of at least 4 members (excludes halogenated alkanes) is 11. The van der Waals surface area contributed by atoms with E-state index in [0.717, 1.165) is 64.2 Å². The van der Waals surface area contributed by atoms with Crippen LogP contribution in [-0.4, -0.2) is 69.2 Å². The number of hydrogen-bond donors (Lipinski definition) is 1. The Bertz CT molecular complexity index is 1120. The van der Waals surface area contributed by atoms with Gasteiger partial charge in [-0.15, -0.1) is 0 Å². The molecule has 0 aromatic rings. The van der Waals surface area contributed by atoms with Gasteiger partial charge in [-0.25, -0.2) is 0 Å². The first-order valence-electron chi connectivity index (χ1n) is 20.3. The molecule has 0 aliphatic rings. The van der Waals surface area contributed by atoms with Crippen LogP contribution in [0, 0.1) is 0 Å². The second-order valence-corrected chi connectivity index (χ2v) is 15.9. The zero-order valence-corrected chi connectivity index (χ0v) is 34.8. The number of likely N-dealkylation sites (N-methyl/N-ethyl adjacent to an activating group) is 1. The Morgan fingerprint density at radius 3 is 1.43 bits per heavy atom. The third-order valence-corrected chi connectivity index (χ3v) is 9.12. The third-order valence-electron chi connectivity index (χ3n) is 8.16. The van der Waals surface area contributed by atoms with E-state index in [-0.39, 0.29) is 13.2 Å². The summed E-state index contributed by atoms with van der Waals surface area (Å²) in [7, 11) is 1.24. The molecule has 8 nitrogen and oxygen atoms in total. The Kier molecular flexibility index (Phi) is 35.0. The van der Waals surface area contributed by atoms with Gasteiger partial charge in [0, 0.05) is 6.42 Å². The largest absolute Gasteiger partial charge is 0.756 e. The molecule has 0 fully saturated rings. The summed E-state index contributed by atoms with van der Waals surface area (Å²) < 4.78 is 26.8. The van der Waals surface area contributed by atoms with Crippen molar-refractivity contribution < 1.29 is 37.6 Å². The molecule has 0 heterocycles. The lowest BCUT2D eigenvalue weighted by Crippen LogP contribution is -2.37. The molecule has 2 unspecified atom stereocenters. The van der Waals surface area contributed by atoms with Gasteiger partial charge in [0.15, 0.2) is 0 Å². The van der Waals surface area contributed by atoms with Gasteiger partial charge in [0.1, 0.15) is 25.9 Å². The van der Waals surface area contributed by atoms with Gasteiger partial charge in [0.05, 0.1) is 27.7 Å². The van der Waals surface area contributed by atoms with Crippen molar-refractivity contribution in [2.45, 2.75) is 141 Å². The predicted molar refractivity (Wildman–Crippen MR) is 221 cm³/mol. The zero-order chi connectivity index (χ0) is 39.1. The summed E-state index contributed by atoms with van der Waals surface area (Å²) in [5.41, 5.74) is 0. The topological polar surface area (TPSA) is 105 Å². The minimum atomic E-state index is -4.51. The van der Waals surface area contributed by atoms with Crippen molar-refractivity contribution in [2.75, 3.05) is 47.5 Å². The highest BCUT2D eigenvalue weighted by molar-refractivity contribution is 7.45. The molecular weight excluding hydrogens is 685 g/mol. The van der Waals surface area contributed by atoms with Gasteiger partial charge in [0.2, 0.25) is 0 Å². The van der Waals surface area contributed by atoms with Crippen LogP contribution in [0.4, 0.5) is 0 Å². The summed E-state index contributed by atoms with van der Waals surface area (Å²) in [6.07, 6.45) is 51.7. The Hall–Kier alpha value is -2.32. The van der Waals surface area contributed by atoms with Gasteiger partial charge < -0.3 is 28.3 Å². The van der Waals surface area contributed by atoms with E-state index >= 15 is 0 Å². The molecule has 304 valence electrons. The van der Waals surface area contributed by atoms with E-state index in [1.165, 1.54) is 57.8 Å². The van der Waals surface area contributed by atoms with Crippen molar-refractivity contribution in [2.24, 2.45) is 0 Å². The molecule has 0 spiro atoms. The average molecular weight is 762 g/mol. The summed E-state index contributed by atoms with van der Waals surface area (Å²) in [5, 5.41) is 9.88. The van der Waals surface area contributed by atoms with Gasteiger partial charge in [-0.05, 0) is 64.2 Å². The smallest absolute Gasteiger partial charge is 0.305 e. The number of rotatable bonds is 36. The normalized spacial score (nSPS) is 14.8. The highest BCUT2D eigenvalue weighted by Crippen LogP contribution is 2.38. The van der Waals surface area contributed by atoms with Crippen molar-refractivity contribution in [3.05, 3.63) is 85.1 Å². The van der Waals surface area contributed by atoms with E-state index in [1.54, 1.807) is 0 Å². The van der Waals surface area contributed by atoms with Crippen molar-refractivity contribution in [3.63, 3.8) is 0 Å². The molecule has 1 N–H and O–H groups in total. The molecule has 0 bridgehead atoms. The number of hydrogen-bond acceptors (Lipinski definition) is 7. The number of nitrogens with zero attached hydrogens (tertiary/aromatic N) is 1. The third kappa shape index (κ3) is 42.3. The summed E-state index contributed by atoms with van der Waals surface area (Å²) in [6.45, 7) is 1.82. The van der Waals surface area contributed by atoms with E-state index < -0.39 is 26.5 Å². The van der Waals surface area contributed by atoms with Crippen molar-refractivity contribution in [1.29, 1.82) is 0 Å². The van der Waals surface area contributed by atoms with Crippen LogP contribution < -0.4 is 4.89 Å². The molecule has 0 saturated carbocycles. The predicted octanol–water partition coefficient (Wildman–Crippen LogP) is 10.8. The van der Waals surface area contributed by atoms with Crippen LogP contribution in [0.25, 0.3) is 0 Å². The lowest BCUT2D eigenvalue weighted by atomic mass is 10.0. The lowest BCUT2D eigenvalue weighted by Gasteiger charge is -2.27. The molecule has 0 amide bonds. The monoisotopic (exact) mass is 762 g/mol. The van der Waals surface area contributed by atoms with E-state index in [2.05, 4.69) is 96.5 Å². The van der Waals surface area contributed by atoms with Crippen LogP contribution in [0.1, 0.15) is 135 Å². The number of ether oxygens (including phenoxy) is 1. The molecule has 0 radical (unpaired) electrons. The number of aliphatic hydroxyl groups is 1. The highest BCUT2D eigenvalue weighted by Gasteiger charge is 2.16. The number of aliphatic hydroxyl groups excluding tert-OH is 1. The van der Waals surface area contributed by atoms with E-state index in [0.29, 0.717) is 17.4 Å². The van der Waals surface area contributed by atoms with E-state index in [1.807, 2.05) is 21.1 Å². The molecule has 53 heavy (non-hydrogen) atoms. The molecule has 0 saturated heterocycles. The van der Waals surface area contributed by atoms with Gasteiger partial charge in [-0.2, -0.15) is 0 Å². The Morgan fingerprint density at radius 1 is 0.604 bits per heavy atom. The lowest BCUT2D eigenvalue weighted by molar-refractivity contribution is -0.870. The van der Waals surface area contributed by atoms with Crippen molar-refractivity contribution in [1.82, 2.24) is 0 Å². The van der Waals surface area contributed by atoms with Crippen LogP contribution >= 0.6 is 7.82 Å². The minimum Gasteiger partial charge on any atom is -0.756 e. The minimum absolute atomic E-state index is 0.0122. The van der Waals surface area contributed by atoms with Crippen LogP contribution in [0.2, 0.25) is 0 Å². The van der Waals surface area contributed by atoms with Crippen molar-refractivity contribution in [3.8, 4) is 0 Å². The fourth-order valence-electron chi connectivity index (χ4n) is 4.98. The molecule has 2 atom stereocenters. The number of phosphoric acid groups is 1.